The summed E-state index contributed by atoms with van der Waals surface area (Å²) in [5.41, 5.74) is 1.13. The molecule has 0 fully saturated rings. The number of aromatic nitrogens is 2. The molecule has 72 valence electrons. The van der Waals surface area contributed by atoms with E-state index in [1.54, 1.807) is 0 Å². The molecule has 13 heavy (non-hydrogen) atoms. The van der Waals surface area contributed by atoms with Gasteiger partial charge in [0.05, 0.1) is 0 Å². The lowest BCUT2D eigenvalue weighted by atomic mass is 10.2. The first kappa shape index (κ1) is 10.6. The SMILES string of the molecule is CCCc1cc(Br)nc(C(C)C)n1. The van der Waals surface area contributed by atoms with E-state index in [9.17, 15) is 0 Å². The molecule has 0 radical (unpaired) electrons. The zero-order chi connectivity index (χ0) is 9.84. The van der Waals surface area contributed by atoms with E-state index in [0.717, 1.165) is 29.0 Å². The number of rotatable bonds is 3. The standard InChI is InChI=1S/C10H15BrN2/c1-4-5-8-6-9(11)13-10(12-8)7(2)3/h6-7H,4-5H2,1-3H3. The summed E-state index contributed by atoms with van der Waals surface area (Å²) in [6, 6.07) is 2.00. The third-order valence-corrected chi connectivity index (χ3v) is 2.19. The Bertz CT molecular complexity index is 284. The molecular weight excluding hydrogens is 228 g/mol. The second-order valence-electron chi connectivity index (χ2n) is 3.44. The summed E-state index contributed by atoms with van der Waals surface area (Å²) in [5, 5.41) is 0. The largest absolute Gasteiger partial charge is 0.238 e. The van der Waals surface area contributed by atoms with Crippen LogP contribution in [0.5, 0.6) is 0 Å². The maximum atomic E-state index is 4.48. The van der Waals surface area contributed by atoms with Crippen molar-refractivity contribution in [1.82, 2.24) is 9.97 Å². The van der Waals surface area contributed by atoms with Crippen molar-refractivity contribution in [3.63, 3.8) is 0 Å². The van der Waals surface area contributed by atoms with Crippen LogP contribution in [0.1, 0.15) is 44.6 Å². The zero-order valence-corrected chi connectivity index (χ0v) is 9.93. The third-order valence-electron chi connectivity index (χ3n) is 1.79. The van der Waals surface area contributed by atoms with Crippen molar-refractivity contribution in [1.29, 1.82) is 0 Å². The van der Waals surface area contributed by atoms with Crippen LogP contribution in [0.15, 0.2) is 10.7 Å². The quantitative estimate of drug-likeness (QED) is 0.761. The van der Waals surface area contributed by atoms with E-state index < -0.39 is 0 Å². The van der Waals surface area contributed by atoms with Gasteiger partial charge in [-0.2, -0.15) is 0 Å². The lowest BCUT2D eigenvalue weighted by Crippen LogP contribution is -2.01. The highest BCUT2D eigenvalue weighted by Gasteiger charge is 2.05. The minimum absolute atomic E-state index is 0.396. The molecule has 1 aromatic rings. The fraction of sp³-hybridized carbons (Fsp3) is 0.600. The molecule has 0 bridgehead atoms. The summed E-state index contributed by atoms with van der Waals surface area (Å²) < 4.78 is 0.898. The maximum Gasteiger partial charge on any atom is 0.132 e. The Labute approximate surface area is 87.9 Å². The lowest BCUT2D eigenvalue weighted by Gasteiger charge is -2.06. The van der Waals surface area contributed by atoms with Crippen LogP contribution in [0.4, 0.5) is 0 Å². The van der Waals surface area contributed by atoms with Crippen molar-refractivity contribution in [2.75, 3.05) is 0 Å². The Morgan fingerprint density at radius 1 is 1.38 bits per heavy atom. The summed E-state index contributed by atoms with van der Waals surface area (Å²) in [6.45, 7) is 6.38. The number of hydrogen-bond donors (Lipinski definition) is 0. The molecule has 1 aromatic heterocycles. The Hall–Kier alpha value is -0.440. The van der Waals surface area contributed by atoms with Crippen molar-refractivity contribution in [3.05, 3.63) is 22.2 Å². The minimum Gasteiger partial charge on any atom is -0.238 e. The molecule has 0 unspecified atom stereocenters. The lowest BCUT2D eigenvalue weighted by molar-refractivity contribution is 0.743. The number of halogens is 1. The second kappa shape index (κ2) is 4.70. The first-order chi connectivity index (χ1) is 6.13. The molecule has 0 aromatic carbocycles. The van der Waals surface area contributed by atoms with E-state index in [0.29, 0.717) is 5.92 Å². The molecule has 2 nitrogen and oxygen atoms in total. The van der Waals surface area contributed by atoms with Gasteiger partial charge < -0.3 is 0 Å². The van der Waals surface area contributed by atoms with Gasteiger partial charge in [0.1, 0.15) is 10.4 Å². The summed E-state index contributed by atoms with van der Waals surface area (Å²) in [7, 11) is 0. The number of nitrogens with zero attached hydrogens (tertiary/aromatic N) is 2. The molecule has 0 amide bonds. The van der Waals surface area contributed by atoms with E-state index in [-0.39, 0.29) is 0 Å². The highest BCUT2D eigenvalue weighted by atomic mass is 79.9. The van der Waals surface area contributed by atoms with Crippen LogP contribution in [0.25, 0.3) is 0 Å². The first-order valence-corrected chi connectivity index (χ1v) is 5.46. The first-order valence-electron chi connectivity index (χ1n) is 4.66. The molecule has 1 rings (SSSR count). The number of aryl methyl sites for hydroxylation is 1. The highest BCUT2D eigenvalue weighted by Crippen LogP contribution is 2.15. The predicted octanol–water partition coefficient (Wildman–Crippen LogP) is 3.32. The van der Waals surface area contributed by atoms with E-state index in [4.69, 9.17) is 0 Å². The van der Waals surface area contributed by atoms with Gasteiger partial charge in [-0.25, -0.2) is 9.97 Å². The second-order valence-corrected chi connectivity index (χ2v) is 4.26. The molecule has 0 aliphatic carbocycles. The van der Waals surface area contributed by atoms with Gasteiger partial charge in [-0.3, -0.25) is 0 Å². The van der Waals surface area contributed by atoms with Gasteiger partial charge in [0.2, 0.25) is 0 Å². The Balaban J connectivity index is 2.96. The molecule has 0 N–H and O–H groups in total. The Morgan fingerprint density at radius 3 is 2.62 bits per heavy atom. The van der Waals surface area contributed by atoms with Crippen molar-refractivity contribution in [2.24, 2.45) is 0 Å². The van der Waals surface area contributed by atoms with Crippen LogP contribution in [-0.2, 0) is 6.42 Å². The topological polar surface area (TPSA) is 25.8 Å². The normalized spacial score (nSPS) is 10.8. The van der Waals surface area contributed by atoms with E-state index in [2.05, 4.69) is 46.7 Å². The molecule has 1 heterocycles. The molecule has 0 aliphatic rings. The minimum atomic E-state index is 0.396. The molecule has 0 saturated carbocycles. The van der Waals surface area contributed by atoms with E-state index in [1.807, 2.05) is 6.07 Å². The van der Waals surface area contributed by atoms with Gasteiger partial charge in [0.25, 0.3) is 0 Å². The van der Waals surface area contributed by atoms with Gasteiger partial charge in [-0.1, -0.05) is 27.2 Å². The van der Waals surface area contributed by atoms with Crippen LogP contribution < -0.4 is 0 Å². The molecule has 0 aliphatic heterocycles. The Morgan fingerprint density at radius 2 is 2.08 bits per heavy atom. The summed E-state index contributed by atoms with van der Waals surface area (Å²) in [5.74, 6) is 1.32. The number of hydrogen-bond acceptors (Lipinski definition) is 2. The molecule has 0 spiro atoms. The fourth-order valence-electron chi connectivity index (χ4n) is 1.13. The van der Waals surface area contributed by atoms with Crippen LogP contribution in [-0.4, -0.2) is 9.97 Å². The third kappa shape index (κ3) is 3.07. The van der Waals surface area contributed by atoms with Crippen molar-refractivity contribution >= 4 is 15.9 Å². The van der Waals surface area contributed by atoms with Gasteiger partial charge in [-0.05, 0) is 28.4 Å². The van der Waals surface area contributed by atoms with Gasteiger partial charge in [0, 0.05) is 11.6 Å². The smallest absolute Gasteiger partial charge is 0.132 e. The van der Waals surface area contributed by atoms with Crippen LogP contribution in [0.2, 0.25) is 0 Å². The maximum absolute atomic E-state index is 4.48. The average Bonchev–Trinajstić information content (AvgIpc) is 2.03. The van der Waals surface area contributed by atoms with Gasteiger partial charge in [0.15, 0.2) is 0 Å². The van der Waals surface area contributed by atoms with Crippen molar-refractivity contribution in [2.45, 2.75) is 39.5 Å². The highest BCUT2D eigenvalue weighted by molar-refractivity contribution is 9.10. The summed E-state index contributed by atoms with van der Waals surface area (Å²) in [4.78, 5) is 8.80. The van der Waals surface area contributed by atoms with Crippen molar-refractivity contribution < 1.29 is 0 Å². The average molecular weight is 243 g/mol. The van der Waals surface area contributed by atoms with Gasteiger partial charge in [-0.15, -0.1) is 0 Å². The van der Waals surface area contributed by atoms with E-state index in [1.165, 1.54) is 0 Å². The molecule has 0 saturated heterocycles. The molecule has 0 atom stereocenters. The van der Waals surface area contributed by atoms with Crippen LogP contribution in [0, 0.1) is 0 Å². The van der Waals surface area contributed by atoms with Crippen molar-refractivity contribution in [3.8, 4) is 0 Å². The summed E-state index contributed by atoms with van der Waals surface area (Å²) >= 11 is 3.40. The van der Waals surface area contributed by atoms with Crippen LogP contribution in [0.3, 0.4) is 0 Å². The predicted molar refractivity (Wildman–Crippen MR) is 57.8 cm³/mol. The fourth-order valence-corrected chi connectivity index (χ4v) is 1.57. The van der Waals surface area contributed by atoms with Gasteiger partial charge >= 0.3 is 0 Å². The zero-order valence-electron chi connectivity index (χ0n) is 8.34. The van der Waals surface area contributed by atoms with Crippen LogP contribution >= 0.6 is 15.9 Å². The molecular formula is C10H15BrN2. The summed E-state index contributed by atoms with van der Waals surface area (Å²) in [6.07, 6.45) is 2.15. The monoisotopic (exact) mass is 242 g/mol. The Kier molecular flexibility index (Phi) is 3.85. The van der Waals surface area contributed by atoms with E-state index >= 15 is 0 Å². The molecule has 3 heteroatoms.